The van der Waals surface area contributed by atoms with Gasteiger partial charge in [-0.1, -0.05) is 0 Å². The van der Waals surface area contributed by atoms with E-state index in [2.05, 4.69) is 5.32 Å². The quantitative estimate of drug-likeness (QED) is 0.788. The van der Waals surface area contributed by atoms with E-state index in [1.54, 1.807) is 20.8 Å². The van der Waals surface area contributed by atoms with Crippen molar-refractivity contribution in [3.8, 4) is 0 Å². The lowest BCUT2D eigenvalue weighted by atomic mass is 10.2. The van der Waals surface area contributed by atoms with Gasteiger partial charge in [0.25, 0.3) is 0 Å². The van der Waals surface area contributed by atoms with Crippen LogP contribution in [0.15, 0.2) is 17.0 Å². The topological polar surface area (TPSA) is 92.5 Å². The number of halogens is 1. The van der Waals surface area contributed by atoms with E-state index in [0.29, 0.717) is 5.56 Å². The van der Waals surface area contributed by atoms with Crippen molar-refractivity contribution in [1.29, 1.82) is 0 Å². The van der Waals surface area contributed by atoms with E-state index >= 15 is 0 Å². The minimum Gasteiger partial charge on any atom is -0.398 e. The molecule has 3 N–H and O–H groups in total. The van der Waals surface area contributed by atoms with E-state index in [-0.39, 0.29) is 11.7 Å². The number of nitrogen functional groups attached to an aromatic ring is 1. The average Bonchev–Trinajstić information content (AvgIpc) is 2.32. The van der Waals surface area contributed by atoms with Gasteiger partial charge in [0.2, 0.25) is 15.9 Å². The lowest BCUT2D eigenvalue weighted by molar-refractivity contribution is -0.121. The summed E-state index contributed by atoms with van der Waals surface area (Å²) in [6, 6.07) is 2.02. The number of amides is 1. The third kappa shape index (κ3) is 4.15. The van der Waals surface area contributed by atoms with E-state index < -0.39 is 33.2 Å². The molecule has 1 rings (SSSR count). The number of aryl methyl sites for hydroxylation is 1. The SMILES string of the molecule is Cc1cc(F)c(S(=O)(=O)N(C)CC(=O)NC(C)C)cc1N. The summed E-state index contributed by atoms with van der Waals surface area (Å²) in [6.07, 6.45) is 0. The van der Waals surface area contributed by atoms with Crippen molar-refractivity contribution < 1.29 is 17.6 Å². The van der Waals surface area contributed by atoms with Crippen LogP contribution >= 0.6 is 0 Å². The number of carbonyl (C=O) groups excluding carboxylic acids is 1. The molecule has 0 atom stereocenters. The predicted octanol–water partition coefficient (Wildman–Crippen LogP) is 0.861. The number of likely N-dealkylation sites (N-methyl/N-ethyl adjacent to an activating group) is 1. The zero-order valence-electron chi connectivity index (χ0n) is 12.5. The van der Waals surface area contributed by atoms with E-state index in [4.69, 9.17) is 5.73 Å². The van der Waals surface area contributed by atoms with Crippen molar-refractivity contribution in [2.75, 3.05) is 19.3 Å². The van der Waals surface area contributed by atoms with Gasteiger partial charge in [0, 0.05) is 18.8 Å². The van der Waals surface area contributed by atoms with Crippen LogP contribution in [-0.4, -0.2) is 38.3 Å². The van der Waals surface area contributed by atoms with E-state index in [1.165, 1.54) is 7.05 Å². The van der Waals surface area contributed by atoms with Gasteiger partial charge in [0.05, 0.1) is 6.54 Å². The monoisotopic (exact) mass is 317 g/mol. The highest BCUT2D eigenvalue weighted by Crippen LogP contribution is 2.23. The molecule has 0 fully saturated rings. The molecule has 0 aliphatic heterocycles. The number of rotatable bonds is 5. The van der Waals surface area contributed by atoms with Gasteiger partial charge in [-0.05, 0) is 38.5 Å². The molecule has 0 aliphatic carbocycles. The molecule has 1 amide bonds. The van der Waals surface area contributed by atoms with E-state index in [9.17, 15) is 17.6 Å². The normalized spacial score (nSPS) is 12.0. The molecular formula is C13H20FN3O3S. The van der Waals surface area contributed by atoms with Gasteiger partial charge in [-0.2, -0.15) is 4.31 Å². The lowest BCUT2D eigenvalue weighted by Crippen LogP contribution is -2.41. The van der Waals surface area contributed by atoms with Crippen LogP contribution in [0.4, 0.5) is 10.1 Å². The number of hydrogen-bond acceptors (Lipinski definition) is 4. The Kier molecular flexibility index (Phi) is 5.30. The zero-order chi connectivity index (χ0) is 16.4. The summed E-state index contributed by atoms with van der Waals surface area (Å²) in [7, 11) is -2.91. The molecule has 1 aromatic carbocycles. The number of hydrogen-bond donors (Lipinski definition) is 2. The largest absolute Gasteiger partial charge is 0.398 e. The highest BCUT2D eigenvalue weighted by Gasteiger charge is 2.27. The molecular weight excluding hydrogens is 297 g/mol. The number of sulfonamides is 1. The summed E-state index contributed by atoms with van der Waals surface area (Å²) >= 11 is 0. The number of nitrogens with zero attached hydrogens (tertiary/aromatic N) is 1. The van der Waals surface area contributed by atoms with Crippen LogP contribution < -0.4 is 11.1 Å². The average molecular weight is 317 g/mol. The maximum Gasteiger partial charge on any atom is 0.246 e. The Morgan fingerprint density at radius 3 is 2.52 bits per heavy atom. The second-order valence-corrected chi connectivity index (χ2v) is 7.14. The standard InChI is InChI=1S/C13H20FN3O3S/c1-8(2)16-13(18)7-17(4)21(19,20)12-6-11(15)9(3)5-10(12)14/h5-6,8H,7,15H2,1-4H3,(H,16,18). The first-order valence-corrected chi connectivity index (χ1v) is 7.81. The van der Waals surface area contributed by atoms with Gasteiger partial charge in [-0.3, -0.25) is 4.79 Å². The fourth-order valence-electron chi connectivity index (χ4n) is 1.69. The lowest BCUT2D eigenvalue weighted by Gasteiger charge is -2.18. The summed E-state index contributed by atoms with van der Waals surface area (Å²) in [4.78, 5) is 11.1. The van der Waals surface area contributed by atoms with Crippen molar-refractivity contribution in [1.82, 2.24) is 9.62 Å². The summed E-state index contributed by atoms with van der Waals surface area (Å²) in [6.45, 7) is 4.70. The molecule has 0 spiro atoms. The van der Waals surface area contributed by atoms with Gasteiger partial charge >= 0.3 is 0 Å². The highest BCUT2D eigenvalue weighted by molar-refractivity contribution is 7.89. The molecule has 0 heterocycles. The summed E-state index contributed by atoms with van der Waals surface area (Å²) in [5.41, 5.74) is 6.25. The fraction of sp³-hybridized carbons (Fsp3) is 0.462. The Hall–Kier alpha value is -1.67. The Morgan fingerprint density at radius 1 is 1.43 bits per heavy atom. The van der Waals surface area contributed by atoms with Gasteiger partial charge < -0.3 is 11.1 Å². The first-order valence-electron chi connectivity index (χ1n) is 6.37. The zero-order valence-corrected chi connectivity index (χ0v) is 13.3. The number of carbonyl (C=O) groups is 1. The van der Waals surface area contributed by atoms with Crippen molar-refractivity contribution >= 4 is 21.6 Å². The van der Waals surface area contributed by atoms with Crippen LogP contribution in [-0.2, 0) is 14.8 Å². The van der Waals surface area contributed by atoms with Gasteiger partial charge in [0.15, 0.2) is 0 Å². The van der Waals surface area contributed by atoms with Gasteiger partial charge in [0.1, 0.15) is 10.7 Å². The van der Waals surface area contributed by atoms with E-state index in [1.807, 2.05) is 0 Å². The van der Waals surface area contributed by atoms with Crippen LogP contribution in [0, 0.1) is 12.7 Å². The number of nitrogens with one attached hydrogen (secondary N) is 1. The highest BCUT2D eigenvalue weighted by atomic mass is 32.2. The van der Waals surface area contributed by atoms with Crippen molar-refractivity contribution in [3.05, 3.63) is 23.5 Å². The summed E-state index contributed by atoms with van der Waals surface area (Å²) in [5, 5.41) is 2.57. The number of nitrogens with two attached hydrogens (primary N) is 1. The molecule has 118 valence electrons. The Bertz CT molecular complexity index is 644. The first kappa shape index (κ1) is 17.4. The Morgan fingerprint density at radius 2 is 2.00 bits per heavy atom. The molecule has 1 aromatic rings. The van der Waals surface area contributed by atoms with Crippen LogP contribution in [0.1, 0.15) is 19.4 Å². The van der Waals surface area contributed by atoms with Crippen molar-refractivity contribution in [2.45, 2.75) is 31.7 Å². The van der Waals surface area contributed by atoms with Gasteiger partial charge in [-0.25, -0.2) is 12.8 Å². The second kappa shape index (κ2) is 6.40. The third-order valence-corrected chi connectivity index (χ3v) is 4.64. The minimum absolute atomic E-state index is 0.111. The van der Waals surface area contributed by atoms with Crippen molar-refractivity contribution in [2.24, 2.45) is 0 Å². The molecule has 0 radical (unpaired) electrons. The van der Waals surface area contributed by atoms with Crippen molar-refractivity contribution in [3.63, 3.8) is 0 Å². The first-order chi connectivity index (χ1) is 9.55. The van der Waals surface area contributed by atoms with Crippen LogP contribution in [0.2, 0.25) is 0 Å². The van der Waals surface area contributed by atoms with Crippen LogP contribution in [0.25, 0.3) is 0 Å². The maximum atomic E-state index is 13.9. The molecule has 0 unspecified atom stereocenters. The molecule has 0 bridgehead atoms. The molecule has 21 heavy (non-hydrogen) atoms. The fourth-order valence-corrected chi connectivity index (χ4v) is 2.89. The smallest absolute Gasteiger partial charge is 0.246 e. The van der Waals surface area contributed by atoms with Crippen LogP contribution in [0.5, 0.6) is 0 Å². The third-order valence-electron chi connectivity index (χ3n) is 2.82. The Labute approximate surface area is 124 Å². The summed E-state index contributed by atoms with van der Waals surface area (Å²) in [5.74, 6) is -1.35. The number of benzene rings is 1. The molecule has 6 nitrogen and oxygen atoms in total. The molecule has 0 aromatic heterocycles. The molecule has 0 aliphatic rings. The molecule has 0 saturated carbocycles. The molecule has 8 heteroatoms. The number of anilines is 1. The summed E-state index contributed by atoms with van der Waals surface area (Å²) < 4.78 is 39.2. The second-order valence-electron chi connectivity index (χ2n) is 5.12. The molecule has 0 saturated heterocycles. The Balaban J connectivity index is 3.06. The van der Waals surface area contributed by atoms with Gasteiger partial charge in [-0.15, -0.1) is 0 Å². The minimum atomic E-state index is -4.12. The maximum absolute atomic E-state index is 13.9. The van der Waals surface area contributed by atoms with Crippen LogP contribution in [0.3, 0.4) is 0 Å². The predicted molar refractivity (Wildman–Crippen MR) is 78.6 cm³/mol. The van der Waals surface area contributed by atoms with E-state index in [0.717, 1.165) is 16.4 Å².